The van der Waals surface area contributed by atoms with Crippen molar-refractivity contribution in [3.8, 4) is 0 Å². The molecule has 110 valence electrons. The zero-order valence-corrected chi connectivity index (χ0v) is 12.7. The maximum absolute atomic E-state index is 12.6. The molecule has 1 aliphatic heterocycles. The number of sulfone groups is 1. The predicted molar refractivity (Wildman–Crippen MR) is 83.7 cm³/mol. The number of hydrogen-bond donors (Lipinski definition) is 1. The number of rotatable bonds is 3. The van der Waals surface area contributed by atoms with Crippen LogP contribution < -0.4 is 10.4 Å². The molecule has 1 saturated heterocycles. The number of anilines is 1. The first-order chi connectivity index (χ1) is 10.1. The molecule has 1 heterocycles. The average Bonchev–Trinajstić information content (AvgIpc) is 2.99. The molecular weight excluding hydrogens is 284 g/mol. The number of nitrogens with zero attached hydrogens (tertiary/aromatic N) is 1. The van der Waals surface area contributed by atoms with Crippen molar-refractivity contribution in [1.82, 2.24) is 5.43 Å². The number of hydrogen-bond acceptors (Lipinski definition) is 4. The zero-order chi connectivity index (χ0) is 14.9. The van der Waals surface area contributed by atoms with Crippen LogP contribution in [0.25, 0.3) is 0 Å². The molecule has 0 aliphatic carbocycles. The molecule has 1 aliphatic rings. The Morgan fingerprint density at radius 3 is 2.38 bits per heavy atom. The third-order valence-electron chi connectivity index (χ3n) is 3.71. The van der Waals surface area contributed by atoms with Gasteiger partial charge in [0.15, 0.2) is 9.84 Å². The molecule has 2 aromatic rings. The summed E-state index contributed by atoms with van der Waals surface area (Å²) < 4.78 is 25.3. The van der Waals surface area contributed by atoms with Gasteiger partial charge < -0.3 is 5.01 Å². The highest BCUT2D eigenvalue weighted by molar-refractivity contribution is 7.92. The number of nitrogens with one attached hydrogen (secondary N) is 1. The van der Waals surface area contributed by atoms with Gasteiger partial charge in [-0.25, -0.2) is 13.8 Å². The third kappa shape index (κ3) is 2.80. The summed E-state index contributed by atoms with van der Waals surface area (Å²) in [6.07, 6.45) is 0.575. The highest BCUT2D eigenvalue weighted by atomic mass is 32.2. The van der Waals surface area contributed by atoms with E-state index in [4.69, 9.17) is 0 Å². The Bertz CT molecular complexity index is 712. The summed E-state index contributed by atoms with van der Waals surface area (Å²) in [7, 11) is -3.35. The lowest BCUT2D eigenvalue weighted by molar-refractivity contribution is 0.569. The number of aryl methyl sites for hydroxylation is 1. The van der Waals surface area contributed by atoms with Crippen LogP contribution in [-0.4, -0.2) is 20.3 Å². The van der Waals surface area contributed by atoms with Gasteiger partial charge in [0.1, 0.15) is 5.37 Å². The summed E-state index contributed by atoms with van der Waals surface area (Å²) in [5.74, 6) is 0. The predicted octanol–water partition coefficient (Wildman–Crippen LogP) is 2.51. The number of para-hydroxylation sites is 1. The van der Waals surface area contributed by atoms with E-state index in [9.17, 15) is 8.42 Å². The van der Waals surface area contributed by atoms with Gasteiger partial charge in [-0.2, -0.15) is 0 Å². The van der Waals surface area contributed by atoms with Gasteiger partial charge in [-0.3, -0.25) is 0 Å². The van der Waals surface area contributed by atoms with Crippen molar-refractivity contribution in [3.05, 3.63) is 60.2 Å². The van der Waals surface area contributed by atoms with Gasteiger partial charge >= 0.3 is 0 Å². The van der Waals surface area contributed by atoms with E-state index in [0.717, 1.165) is 11.3 Å². The molecule has 1 N–H and O–H groups in total. The van der Waals surface area contributed by atoms with E-state index in [-0.39, 0.29) is 0 Å². The molecule has 0 saturated carbocycles. The van der Waals surface area contributed by atoms with Gasteiger partial charge in [0.25, 0.3) is 0 Å². The molecule has 3 rings (SSSR count). The lowest BCUT2D eigenvalue weighted by Crippen LogP contribution is -2.39. The van der Waals surface area contributed by atoms with Crippen molar-refractivity contribution in [2.24, 2.45) is 0 Å². The average molecular weight is 302 g/mol. The minimum atomic E-state index is -3.35. The lowest BCUT2D eigenvalue weighted by Gasteiger charge is -2.20. The fraction of sp³-hybridized carbons (Fsp3) is 0.250. The first kappa shape index (κ1) is 14.1. The van der Waals surface area contributed by atoms with Crippen LogP contribution >= 0.6 is 0 Å². The molecule has 1 unspecified atom stereocenters. The van der Waals surface area contributed by atoms with E-state index >= 15 is 0 Å². The standard InChI is InChI=1S/C16H18N2O2S/c1-13-7-9-15(10-8-13)21(19,20)16-11-12-18(17-16)14-5-3-2-4-6-14/h2-10,16-17H,11-12H2,1H3. The van der Waals surface area contributed by atoms with Crippen molar-refractivity contribution in [2.45, 2.75) is 23.6 Å². The molecule has 1 atom stereocenters. The van der Waals surface area contributed by atoms with Gasteiger partial charge in [-0.1, -0.05) is 35.9 Å². The molecule has 0 bridgehead atoms. The summed E-state index contributed by atoms with van der Waals surface area (Å²) >= 11 is 0. The van der Waals surface area contributed by atoms with E-state index < -0.39 is 15.2 Å². The molecule has 0 amide bonds. The van der Waals surface area contributed by atoms with Crippen LogP contribution in [0.15, 0.2) is 59.5 Å². The Morgan fingerprint density at radius 2 is 1.71 bits per heavy atom. The zero-order valence-electron chi connectivity index (χ0n) is 11.9. The van der Waals surface area contributed by atoms with Gasteiger partial charge in [0, 0.05) is 6.54 Å². The van der Waals surface area contributed by atoms with E-state index in [2.05, 4.69) is 5.43 Å². The Balaban J connectivity index is 1.81. The van der Waals surface area contributed by atoms with Gasteiger partial charge in [-0.05, 0) is 37.6 Å². The molecule has 21 heavy (non-hydrogen) atoms. The Hall–Kier alpha value is -1.85. The smallest absolute Gasteiger partial charge is 0.195 e. The van der Waals surface area contributed by atoms with Gasteiger partial charge in [0.05, 0.1) is 10.6 Å². The van der Waals surface area contributed by atoms with E-state index in [1.54, 1.807) is 12.1 Å². The molecule has 0 aromatic heterocycles. The van der Waals surface area contributed by atoms with E-state index in [1.807, 2.05) is 54.4 Å². The van der Waals surface area contributed by atoms with Crippen molar-refractivity contribution < 1.29 is 8.42 Å². The van der Waals surface area contributed by atoms with Crippen molar-refractivity contribution >= 4 is 15.5 Å². The van der Waals surface area contributed by atoms with Crippen LogP contribution in [0, 0.1) is 6.92 Å². The van der Waals surface area contributed by atoms with Crippen molar-refractivity contribution in [3.63, 3.8) is 0 Å². The van der Waals surface area contributed by atoms with Crippen LogP contribution in [0.5, 0.6) is 0 Å². The van der Waals surface area contributed by atoms with Gasteiger partial charge in [0.2, 0.25) is 0 Å². The Morgan fingerprint density at radius 1 is 1.05 bits per heavy atom. The van der Waals surface area contributed by atoms with Crippen LogP contribution in [-0.2, 0) is 9.84 Å². The molecule has 0 radical (unpaired) electrons. The van der Waals surface area contributed by atoms with Crippen molar-refractivity contribution in [1.29, 1.82) is 0 Å². The normalized spacial score (nSPS) is 18.9. The van der Waals surface area contributed by atoms with Gasteiger partial charge in [-0.15, -0.1) is 0 Å². The molecule has 4 nitrogen and oxygen atoms in total. The Labute approximate surface area is 125 Å². The maximum atomic E-state index is 12.6. The van der Waals surface area contributed by atoms with E-state index in [0.29, 0.717) is 17.9 Å². The molecule has 1 fully saturated rings. The number of benzene rings is 2. The fourth-order valence-electron chi connectivity index (χ4n) is 2.48. The minimum absolute atomic E-state index is 0.375. The second-order valence-electron chi connectivity index (χ2n) is 5.25. The summed E-state index contributed by atoms with van der Waals surface area (Å²) in [6, 6.07) is 16.8. The van der Waals surface area contributed by atoms with Crippen LogP contribution in [0.2, 0.25) is 0 Å². The number of hydrazine groups is 1. The molecule has 2 aromatic carbocycles. The monoisotopic (exact) mass is 302 g/mol. The maximum Gasteiger partial charge on any atom is 0.195 e. The molecule has 5 heteroatoms. The topological polar surface area (TPSA) is 49.4 Å². The van der Waals surface area contributed by atoms with E-state index in [1.165, 1.54) is 0 Å². The quantitative estimate of drug-likeness (QED) is 0.946. The summed E-state index contributed by atoms with van der Waals surface area (Å²) in [5.41, 5.74) is 5.15. The largest absolute Gasteiger partial charge is 0.307 e. The van der Waals surface area contributed by atoms with Crippen LogP contribution in [0.1, 0.15) is 12.0 Å². The van der Waals surface area contributed by atoms with Crippen LogP contribution in [0.3, 0.4) is 0 Å². The highest BCUT2D eigenvalue weighted by Crippen LogP contribution is 2.24. The highest BCUT2D eigenvalue weighted by Gasteiger charge is 2.33. The summed E-state index contributed by atoms with van der Waals surface area (Å²) in [4.78, 5) is 0.375. The lowest BCUT2D eigenvalue weighted by atomic mass is 10.2. The summed E-state index contributed by atoms with van der Waals surface area (Å²) in [6.45, 7) is 2.63. The molecule has 0 spiro atoms. The molecular formula is C16H18N2O2S. The minimum Gasteiger partial charge on any atom is -0.307 e. The SMILES string of the molecule is Cc1ccc(S(=O)(=O)C2CCN(c3ccccc3)N2)cc1. The second kappa shape index (κ2) is 5.50. The van der Waals surface area contributed by atoms with Crippen LogP contribution in [0.4, 0.5) is 5.69 Å². The first-order valence-corrected chi connectivity index (χ1v) is 8.51. The summed E-state index contributed by atoms with van der Waals surface area (Å²) in [5, 5.41) is 1.33. The Kier molecular flexibility index (Phi) is 3.69. The third-order valence-corrected chi connectivity index (χ3v) is 5.73. The first-order valence-electron chi connectivity index (χ1n) is 6.97. The fourth-order valence-corrected chi connectivity index (χ4v) is 4.00. The second-order valence-corrected chi connectivity index (χ2v) is 7.38. The van der Waals surface area contributed by atoms with Crippen molar-refractivity contribution in [2.75, 3.05) is 11.6 Å².